The van der Waals surface area contributed by atoms with E-state index in [2.05, 4.69) is 17.1 Å². The predicted molar refractivity (Wildman–Crippen MR) is 85.3 cm³/mol. The van der Waals surface area contributed by atoms with Crippen LogP contribution in [0, 0.1) is 5.92 Å². The van der Waals surface area contributed by atoms with Crippen molar-refractivity contribution in [3.63, 3.8) is 0 Å². The maximum absolute atomic E-state index is 12.3. The van der Waals surface area contributed by atoms with Crippen molar-refractivity contribution in [1.82, 2.24) is 10.2 Å². The first-order chi connectivity index (χ1) is 10.1. The standard InChI is InChI=1S/C17H32N2O2/c1-4-11-18-17(2,16(20)21-3)13-19-12-7-9-14-8-5-6-10-15(14)19/h14-15,18H,4-13H2,1-3H3. The van der Waals surface area contributed by atoms with Crippen molar-refractivity contribution >= 4 is 5.97 Å². The Hall–Kier alpha value is -0.610. The third-order valence-electron chi connectivity index (χ3n) is 5.28. The van der Waals surface area contributed by atoms with E-state index in [1.807, 2.05) is 6.92 Å². The van der Waals surface area contributed by atoms with Crippen molar-refractivity contribution in [2.75, 3.05) is 26.7 Å². The fourth-order valence-electron chi connectivity index (χ4n) is 4.15. The average Bonchev–Trinajstić information content (AvgIpc) is 2.52. The molecule has 4 nitrogen and oxygen atoms in total. The lowest BCUT2D eigenvalue weighted by Gasteiger charge is -2.47. The van der Waals surface area contributed by atoms with Gasteiger partial charge in [0.2, 0.25) is 0 Å². The van der Waals surface area contributed by atoms with Crippen LogP contribution in [0.2, 0.25) is 0 Å². The van der Waals surface area contributed by atoms with Crippen molar-refractivity contribution in [3.8, 4) is 0 Å². The molecule has 3 atom stereocenters. The summed E-state index contributed by atoms with van der Waals surface area (Å²) in [5.74, 6) is 0.717. The number of hydrogen-bond donors (Lipinski definition) is 1. The zero-order chi connectivity index (χ0) is 15.3. The van der Waals surface area contributed by atoms with E-state index in [-0.39, 0.29) is 5.97 Å². The molecule has 21 heavy (non-hydrogen) atoms. The molecule has 0 amide bonds. The second-order valence-corrected chi connectivity index (χ2v) is 6.98. The van der Waals surface area contributed by atoms with Gasteiger partial charge in [-0.2, -0.15) is 0 Å². The van der Waals surface area contributed by atoms with Gasteiger partial charge in [0, 0.05) is 12.6 Å². The third kappa shape index (κ3) is 3.98. The van der Waals surface area contributed by atoms with Crippen molar-refractivity contribution in [2.24, 2.45) is 5.92 Å². The Morgan fingerprint density at radius 2 is 2.00 bits per heavy atom. The van der Waals surface area contributed by atoms with Crippen LogP contribution < -0.4 is 5.32 Å². The summed E-state index contributed by atoms with van der Waals surface area (Å²) >= 11 is 0. The highest BCUT2D eigenvalue weighted by atomic mass is 16.5. The molecule has 0 radical (unpaired) electrons. The van der Waals surface area contributed by atoms with Gasteiger partial charge in [-0.3, -0.25) is 9.69 Å². The van der Waals surface area contributed by atoms with Crippen molar-refractivity contribution in [1.29, 1.82) is 0 Å². The molecule has 2 fully saturated rings. The first-order valence-electron chi connectivity index (χ1n) is 8.68. The van der Waals surface area contributed by atoms with E-state index in [0.29, 0.717) is 6.04 Å². The lowest BCUT2D eigenvalue weighted by Crippen LogP contribution is -2.61. The van der Waals surface area contributed by atoms with E-state index in [0.717, 1.165) is 32.0 Å². The van der Waals surface area contributed by atoms with Crippen molar-refractivity contribution in [2.45, 2.75) is 70.4 Å². The number of fused-ring (bicyclic) bond motifs is 1. The highest BCUT2D eigenvalue weighted by molar-refractivity contribution is 5.80. The van der Waals surface area contributed by atoms with E-state index in [1.54, 1.807) is 0 Å². The molecule has 1 N–H and O–H groups in total. The molecular weight excluding hydrogens is 264 g/mol. The zero-order valence-corrected chi connectivity index (χ0v) is 14.0. The molecule has 1 heterocycles. The van der Waals surface area contributed by atoms with Crippen molar-refractivity contribution in [3.05, 3.63) is 0 Å². The number of carbonyl (C=O) groups excluding carboxylic acids is 1. The van der Waals surface area contributed by atoms with Crippen LogP contribution in [0.3, 0.4) is 0 Å². The summed E-state index contributed by atoms with van der Waals surface area (Å²) in [5.41, 5.74) is -0.579. The predicted octanol–water partition coefficient (Wildman–Crippen LogP) is 2.57. The van der Waals surface area contributed by atoms with Crippen LogP contribution in [0.1, 0.15) is 58.8 Å². The maximum Gasteiger partial charge on any atom is 0.327 e. The average molecular weight is 296 g/mol. The Balaban J connectivity index is 2.05. The summed E-state index contributed by atoms with van der Waals surface area (Å²) < 4.78 is 5.06. The smallest absolute Gasteiger partial charge is 0.327 e. The van der Waals surface area contributed by atoms with Crippen LogP contribution in [0.25, 0.3) is 0 Å². The normalized spacial score (nSPS) is 29.5. The summed E-state index contributed by atoms with van der Waals surface area (Å²) in [6.07, 6.45) is 9.07. The first kappa shape index (κ1) is 16.8. The second kappa shape index (κ2) is 7.59. The minimum atomic E-state index is -0.579. The molecule has 1 saturated carbocycles. The van der Waals surface area contributed by atoms with E-state index in [1.165, 1.54) is 45.6 Å². The number of esters is 1. The molecule has 0 spiro atoms. The molecule has 2 aliphatic rings. The first-order valence-corrected chi connectivity index (χ1v) is 8.68. The van der Waals surface area contributed by atoms with Crippen LogP contribution in [0.4, 0.5) is 0 Å². The number of piperidine rings is 1. The number of ether oxygens (including phenoxy) is 1. The monoisotopic (exact) mass is 296 g/mol. The van der Waals surface area contributed by atoms with Crippen LogP contribution in [0.5, 0.6) is 0 Å². The highest BCUT2D eigenvalue weighted by Crippen LogP contribution is 2.35. The molecule has 3 unspecified atom stereocenters. The molecule has 0 aromatic rings. The number of methoxy groups -OCH3 is 1. The fourth-order valence-corrected chi connectivity index (χ4v) is 4.15. The fraction of sp³-hybridized carbons (Fsp3) is 0.941. The summed E-state index contributed by atoms with van der Waals surface area (Å²) in [5, 5.41) is 3.42. The molecule has 1 aliphatic carbocycles. The van der Waals surface area contributed by atoms with E-state index < -0.39 is 5.54 Å². The topological polar surface area (TPSA) is 41.6 Å². The molecule has 0 aromatic heterocycles. The minimum absolute atomic E-state index is 0.131. The SMILES string of the molecule is CCCNC(C)(CN1CCCC2CCCCC21)C(=O)OC. The molecule has 0 bridgehead atoms. The molecular formula is C17H32N2O2. The van der Waals surface area contributed by atoms with Gasteiger partial charge in [-0.1, -0.05) is 19.8 Å². The number of carbonyl (C=O) groups is 1. The minimum Gasteiger partial charge on any atom is -0.468 e. The Bertz CT molecular complexity index is 346. The number of nitrogens with zero attached hydrogens (tertiary/aromatic N) is 1. The summed E-state index contributed by atoms with van der Waals surface area (Å²) in [6.45, 7) is 6.89. The zero-order valence-electron chi connectivity index (χ0n) is 14.0. The van der Waals surface area contributed by atoms with Gasteiger partial charge in [0.1, 0.15) is 5.54 Å². The van der Waals surface area contributed by atoms with Crippen LogP contribution in [-0.2, 0) is 9.53 Å². The van der Waals surface area contributed by atoms with Crippen LogP contribution in [-0.4, -0.2) is 49.2 Å². The molecule has 0 aromatic carbocycles. The number of likely N-dealkylation sites (tertiary alicyclic amines) is 1. The van der Waals surface area contributed by atoms with Crippen LogP contribution in [0.15, 0.2) is 0 Å². The highest BCUT2D eigenvalue weighted by Gasteiger charge is 2.40. The molecule has 2 rings (SSSR count). The van der Waals surface area contributed by atoms with Gasteiger partial charge >= 0.3 is 5.97 Å². The Morgan fingerprint density at radius 1 is 1.29 bits per heavy atom. The van der Waals surface area contributed by atoms with Crippen molar-refractivity contribution < 1.29 is 9.53 Å². The Kier molecular flexibility index (Phi) is 6.06. The van der Waals surface area contributed by atoms with Crippen LogP contribution >= 0.6 is 0 Å². The van der Waals surface area contributed by atoms with E-state index in [9.17, 15) is 4.79 Å². The Labute approximate surface area is 129 Å². The van der Waals surface area contributed by atoms with Gasteiger partial charge in [-0.15, -0.1) is 0 Å². The summed E-state index contributed by atoms with van der Waals surface area (Å²) in [6, 6.07) is 0.680. The van der Waals surface area contributed by atoms with Gasteiger partial charge in [-0.25, -0.2) is 0 Å². The molecule has 1 aliphatic heterocycles. The van der Waals surface area contributed by atoms with Gasteiger partial charge in [0.25, 0.3) is 0 Å². The molecule has 122 valence electrons. The summed E-state index contributed by atoms with van der Waals surface area (Å²) in [7, 11) is 1.49. The van der Waals surface area contributed by atoms with Gasteiger partial charge < -0.3 is 10.1 Å². The second-order valence-electron chi connectivity index (χ2n) is 6.98. The largest absolute Gasteiger partial charge is 0.468 e. The van der Waals surface area contributed by atoms with Gasteiger partial charge in [0.05, 0.1) is 7.11 Å². The number of rotatable bonds is 6. The van der Waals surface area contributed by atoms with Gasteiger partial charge in [-0.05, 0) is 58.0 Å². The number of hydrogen-bond acceptors (Lipinski definition) is 4. The summed E-state index contributed by atoms with van der Waals surface area (Å²) in [4.78, 5) is 14.8. The molecule has 1 saturated heterocycles. The third-order valence-corrected chi connectivity index (χ3v) is 5.28. The number of nitrogens with one attached hydrogen (secondary N) is 1. The molecule has 4 heteroatoms. The quantitative estimate of drug-likeness (QED) is 0.765. The maximum atomic E-state index is 12.3. The lowest BCUT2D eigenvalue weighted by atomic mass is 9.78. The lowest BCUT2D eigenvalue weighted by molar-refractivity contribution is -0.149. The van der Waals surface area contributed by atoms with E-state index in [4.69, 9.17) is 4.74 Å². The Morgan fingerprint density at radius 3 is 2.71 bits per heavy atom. The van der Waals surface area contributed by atoms with Gasteiger partial charge in [0.15, 0.2) is 0 Å². The van der Waals surface area contributed by atoms with E-state index >= 15 is 0 Å².